The zero-order chi connectivity index (χ0) is 11.7. The predicted molar refractivity (Wildman–Crippen MR) is 52.6 cm³/mol. The standard InChI is InChI=1S/C9H7FN4O2/c10-4-1-2-6(11)5(3-4)9-13-8(7(12)15)14-16-9/h1-3H,11H2,(H2,12,15). The van der Waals surface area contributed by atoms with Crippen LogP contribution in [0, 0.1) is 5.82 Å². The molecule has 0 atom stereocenters. The molecule has 1 aromatic heterocycles. The Morgan fingerprint density at radius 2 is 2.19 bits per heavy atom. The van der Waals surface area contributed by atoms with E-state index in [0.29, 0.717) is 0 Å². The van der Waals surface area contributed by atoms with Gasteiger partial charge in [0.25, 0.3) is 17.6 Å². The molecule has 0 aliphatic heterocycles. The van der Waals surface area contributed by atoms with E-state index >= 15 is 0 Å². The fourth-order valence-electron chi connectivity index (χ4n) is 1.15. The van der Waals surface area contributed by atoms with E-state index in [4.69, 9.17) is 16.0 Å². The van der Waals surface area contributed by atoms with Crippen molar-refractivity contribution >= 4 is 11.6 Å². The van der Waals surface area contributed by atoms with Gasteiger partial charge in [0, 0.05) is 5.69 Å². The third-order valence-corrected chi connectivity index (χ3v) is 1.89. The molecule has 7 heteroatoms. The Kier molecular flexibility index (Phi) is 2.28. The van der Waals surface area contributed by atoms with Crippen LogP contribution in [-0.4, -0.2) is 16.0 Å². The molecule has 0 saturated carbocycles. The molecule has 6 nitrogen and oxygen atoms in total. The van der Waals surface area contributed by atoms with Gasteiger partial charge in [0.15, 0.2) is 0 Å². The van der Waals surface area contributed by atoms with E-state index in [-0.39, 0.29) is 23.0 Å². The Morgan fingerprint density at radius 3 is 2.81 bits per heavy atom. The molecule has 0 bridgehead atoms. The monoisotopic (exact) mass is 222 g/mol. The highest BCUT2D eigenvalue weighted by molar-refractivity contribution is 5.89. The summed E-state index contributed by atoms with van der Waals surface area (Å²) in [6, 6.07) is 3.69. The molecule has 0 aliphatic carbocycles. The number of anilines is 1. The van der Waals surface area contributed by atoms with E-state index in [1.54, 1.807) is 0 Å². The van der Waals surface area contributed by atoms with Crippen LogP contribution in [0.15, 0.2) is 22.7 Å². The van der Waals surface area contributed by atoms with Gasteiger partial charge in [0.05, 0.1) is 5.56 Å². The molecule has 82 valence electrons. The molecule has 2 aromatic rings. The Balaban J connectivity index is 2.50. The van der Waals surface area contributed by atoms with Crippen molar-refractivity contribution in [1.82, 2.24) is 10.1 Å². The molecule has 4 N–H and O–H groups in total. The van der Waals surface area contributed by atoms with Crippen LogP contribution in [0.5, 0.6) is 0 Å². The van der Waals surface area contributed by atoms with Crippen molar-refractivity contribution in [2.45, 2.75) is 0 Å². The summed E-state index contributed by atoms with van der Waals surface area (Å²) in [5.74, 6) is -1.66. The summed E-state index contributed by atoms with van der Waals surface area (Å²) in [4.78, 5) is 14.4. The largest absolute Gasteiger partial charge is 0.398 e. The minimum Gasteiger partial charge on any atom is -0.398 e. The SMILES string of the molecule is NC(=O)c1noc(-c2cc(F)ccc2N)n1. The van der Waals surface area contributed by atoms with Crippen molar-refractivity contribution in [2.24, 2.45) is 5.73 Å². The molecule has 16 heavy (non-hydrogen) atoms. The second-order valence-corrected chi connectivity index (χ2v) is 3.02. The Hall–Kier alpha value is -2.44. The fourth-order valence-corrected chi connectivity index (χ4v) is 1.15. The molecule has 0 aliphatic rings. The van der Waals surface area contributed by atoms with Crippen molar-refractivity contribution in [3.05, 3.63) is 29.8 Å². The number of aromatic nitrogens is 2. The smallest absolute Gasteiger partial charge is 0.290 e. The fraction of sp³-hybridized carbons (Fsp3) is 0. The first-order chi connectivity index (χ1) is 7.58. The highest BCUT2D eigenvalue weighted by atomic mass is 19.1. The van der Waals surface area contributed by atoms with Gasteiger partial charge in [-0.2, -0.15) is 4.98 Å². The van der Waals surface area contributed by atoms with Gasteiger partial charge in [-0.25, -0.2) is 4.39 Å². The number of nitrogens with zero attached hydrogens (tertiary/aromatic N) is 2. The van der Waals surface area contributed by atoms with Crippen LogP contribution in [0.4, 0.5) is 10.1 Å². The zero-order valence-electron chi connectivity index (χ0n) is 7.98. The number of rotatable bonds is 2. The third-order valence-electron chi connectivity index (χ3n) is 1.89. The number of benzene rings is 1. The van der Waals surface area contributed by atoms with E-state index < -0.39 is 11.7 Å². The first-order valence-electron chi connectivity index (χ1n) is 4.27. The number of amides is 1. The van der Waals surface area contributed by atoms with Gasteiger partial charge in [-0.3, -0.25) is 4.79 Å². The average Bonchev–Trinajstić information content (AvgIpc) is 2.70. The summed E-state index contributed by atoms with van der Waals surface area (Å²) in [6.07, 6.45) is 0. The highest BCUT2D eigenvalue weighted by Gasteiger charge is 2.15. The minimum atomic E-state index is -0.829. The van der Waals surface area contributed by atoms with Crippen molar-refractivity contribution in [1.29, 1.82) is 0 Å². The maximum atomic E-state index is 13.0. The molecule has 2 rings (SSSR count). The van der Waals surface area contributed by atoms with Gasteiger partial charge < -0.3 is 16.0 Å². The summed E-state index contributed by atoms with van der Waals surface area (Å²) in [7, 11) is 0. The maximum absolute atomic E-state index is 13.0. The summed E-state index contributed by atoms with van der Waals surface area (Å²) in [5, 5.41) is 3.32. The number of hydrogen-bond acceptors (Lipinski definition) is 5. The lowest BCUT2D eigenvalue weighted by molar-refractivity contribution is 0.0987. The number of hydrogen-bond donors (Lipinski definition) is 2. The van der Waals surface area contributed by atoms with Gasteiger partial charge in [-0.1, -0.05) is 5.16 Å². The first-order valence-corrected chi connectivity index (χ1v) is 4.27. The number of nitrogen functional groups attached to an aromatic ring is 1. The van der Waals surface area contributed by atoms with Crippen LogP contribution in [0.1, 0.15) is 10.6 Å². The van der Waals surface area contributed by atoms with Gasteiger partial charge in [0.2, 0.25) is 0 Å². The highest BCUT2D eigenvalue weighted by Crippen LogP contribution is 2.24. The number of carbonyl (C=O) groups excluding carboxylic acids is 1. The third kappa shape index (κ3) is 1.70. The molecular formula is C9H7FN4O2. The lowest BCUT2D eigenvalue weighted by Gasteiger charge is -1.99. The van der Waals surface area contributed by atoms with Gasteiger partial charge in [-0.05, 0) is 18.2 Å². The average molecular weight is 222 g/mol. The molecule has 0 radical (unpaired) electrons. The van der Waals surface area contributed by atoms with E-state index in [1.165, 1.54) is 12.1 Å². The van der Waals surface area contributed by atoms with Crippen LogP contribution in [-0.2, 0) is 0 Å². The van der Waals surface area contributed by atoms with Crippen LogP contribution >= 0.6 is 0 Å². The number of halogens is 1. The van der Waals surface area contributed by atoms with Crippen molar-refractivity contribution in [3.63, 3.8) is 0 Å². The van der Waals surface area contributed by atoms with Gasteiger partial charge in [0.1, 0.15) is 5.82 Å². The second kappa shape index (κ2) is 3.61. The van der Waals surface area contributed by atoms with Crippen molar-refractivity contribution in [3.8, 4) is 11.5 Å². The molecule has 1 amide bonds. The quantitative estimate of drug-likeness (QED) is 0.721. The Labute approximate surface area is 89.0 Å². The van der Waals surface area contributed by atoms with Crippen LogP contribution < -0.4 is 11.5 Å². The second-order valence-electron chi connectivity index (χ2n) is 3.02. The van der Waals surface area contributed by atoms with Crippen LogP contribution in [0.3, 0.4) is 0 Å². The Morgan fingerprint density at radius 1 is 1.44 bits per heavy atom. The number of primary amides is 1. The first kappa shape index (κ1) is 10.1. The molecule has 0 saturated heterocycles. The molecule has 0 fully saturated rings. The van der Waals surface area contributed by atoms with Crippen molar-refractivity contribution < 1.29 is 13.7 Å². The summed E-state index contributed by atoms with van der Waals surface area (Å²) in [5.41, 5.74) is 11.0. The van der Waals surface area contributed by atoms with E-state index in [9.17, 15) is 9.18 Å². The lowest BCUT2D eigenvalue weighted by Crippen LogP contribution is -2.12. The van der Waals surface area contributed by atoms with Gasteiger partial charge >= 0.3 is 0 Å². The Bertz CT molecular complexity index is 552. The van der Waals surface area contributed by atoms with Crippen LogP contribution in [0.2, 0.25) is 0 Å². The predicted octanol–water partition coefficient (Wildman–Crippen LogP) is 0.557. The topological polar surface area (TPSA) is 108 Å². The summed E-state index contributed by atoms with van der Waals surface area (Å²) < 4.78 is 17.7. The minimum absolute atomic E-state index is 0.0502. The molecule has 1 heterocycles. The molecule has 0 spiro atoms. The molecular weight excluding hydrogens is 215 g/mol. The van der Waals surface area contributed by atoms with E-state index in [2.05, 4.69) is 10.1 Å². The number of carbonyl (C=O) groups is 1. The zero-order valence-corrected chi connectivity index (χ0v) is 7.98. The molecule has 1 aromatic carbocycles. The van der Waals surface area contributed by atoms with Crippen molar-refractivity contribution in [2.75, 3.05) is 5.73 Å². The normalized spacial score (nSPS) is 10.3. The molecule has 0 unspecified atom stereocenters. The lowest BCUT2D eigenvalue weighted by atomic mass is 10.2. The van der Waals surface area contributed by atoms with Crippen LogP contribution in [0.25, 0.3) is 11.5 Å². The van der Waals surface area contributed by atoms with E-state index in [0.717, 1.165) is 6.07 Å². The number of nitrogens with two attached hydrogens (primary N) is 2. The summed E-state index contributed by atoms with van der Waals surface area (Å²) >= 11 is 0. The summed E-state index contributed by atoms with van der Waals surface area (Å²) in [6.45, 7) is 0. The van der Waals surface area contributed by atoms with E-state index in [1.807, 2.05) is 0 Å². The van der Waals surface area contributed by atoms with Gasteiger partial charge in [-0.15, -0.1) is 0 Å². The maximum Gasteiger partial charge on any atom is 0.290 e.